The van der Waals surface area contributed by atoms with Crippen LogP contribution in [0.15, 0.2) is 6.20 Å². The molecule has 16 heavy (non-hydrogen) atoms. The number of aromatic nitrogens is 3. The first-order valence-corrected chi connectivity index (χ1v) is 6.82. The van der Waals surface area contributed by atoms with Crippen molar-refractivity contribution in [1.29, 1.82) is 0 Å². The van der Waals surface area contributed by atoms with Gasteiger partial charge < -0.3 is 5.11 Å². The topological polar surface area (TPSA) is 88.0 Å². The Balaban J connectivity index is 2.45. The summed E-state index contributed by atoms with van der Waals surface area (Å²) in [7, 11) is -3.48. The zero-order valence-electron chi connectivity index (χ0n) is 8.64. The minimum Gasteiger partial charge on any atom is -0.492 e. The van der Waals surface area contributed by atoms with Gasteiger partial charge in [-0.25, -0.2) is 12.4 Å². The van der Waals surface area contributed by atoms with Crippen LogP contribution in [0.4, 0.5) is 0 Å². The first-order valence-electron chi connectivity index (χ1n) is 4.97. The number of nitrogens with one attached hydrogen (secondary N) is 1. The van der Waals surface area contributed by atoms with Crippen molar-refractivity contribution in [2.45, 2.75) is 18.8 Å². The van der Waals surface area contributed by atoms with E-state index in [0.717, 1.165) is 23.1 Å². The van der Waals surface area contributed by atoms with Gasteiger partial charge in [-0.2, -0.15) is 5.10 Å². The molecule has 2 aromatic rings. The highest BCUT2D eigenvalue weighted by atomic mass is 32.2. The minimum atomic E-state index is -3.48. The van der Waals surface area contributed by atoms with Gasteiger partial charge in [-0.3, -0.25) is 5.10 Å². The van der Waals surface area contributed by atoms with Crippen LogP contribution in [0.5, 0.6) is 5.88 Å². The van der Waals surface area contributed by atoms with Gasteiger partial charge in [-0.05, 0) is 12.8 Å². The maximum atomic E-state index is 11.6. The normalized spacial score (nSPS) is 17.1. The molecule has 2 heterocycles. The molecule has 0 bridgehead atoms. The molecule has 0 aromatic carbocycles. The molecule has 0 atom stereocenters. The molecule has 2 N–H and O–H groups in total. The Kier molecular flexibility index (Phi) is 1.69. The molecule has 0 amide bonds. The molecule has 1 aliphatic carbocycles. The van der Waals surface area contributed by atoms with Gasteiger partial charge in [0.1, 0.15) is 5.52 Å². The van der Waals surface area contributed by atoms with E-state index in [-0.39, 0.29) is 11.8 Å². The Morgan fingerprint density at radius 3 is 2.81 bits per heavy atom. The highest BCUT2D eigenvalue weighted by molar-refractivity contribution is 7.89. The number of rotatable bonds is 2. The summed E-state index contributed by atoms with van der Waals surface area (Å²) in [6, 6.07) is 0. The van der Waals surface area contributed by atoms with E-state index in [1.165, 1.54) is 0 Å². The van der Waals surface area contributed by atoms with E-state index < -0.39 is 10.0 Å². The summed E-state index contributed by atoms with van der Waals surface area (Å²) in [5, 5.41) is 17.0. The fourth-order valence-corrected chi connectivity index (χ4v) is 3.06. The van der Waals surface area contributed by atoms with Crippen LogP contribution in [-0.2, 0) is 10.0 Å². The molecular weight excluding hydrogens is 230 g/mol. The molecule has 0 radical (unpaired) electrons. The van der Waals surface area contributed by atoms with Crippen molar-refractivity contribution in [2.75, 3.05) is 6.26 Å². The average molecular weight is 241 g/mol. The van der Waals surface area contributed by atoms with Gasteiger partial charge in [-0.15, -0.1) is 0 Å². The molecule has 3 rings (SSSR count). The van der Waals surface area contributed by atoms with E-state index >= 15 is 0 Å². The molecule has 0 saturated heterocycles. The van der Waals surface area contributed by atoms with Gasteiger partial charge in [0.2, 0.25) is 15.9 Å². The molecule has 2 aromatic heterocycles. The SMILES string of the molecule is CS(=O)(=O)n1c(C2CC2)c2cn[nH]c2c1O. The highest BCUT2D eigenvalue weighted by Gasteiger charge is 2.34. The first-order chi connectivity index (χ1) is 7.50. The fraction of sp³-hybridized carbons (Fsp3) is 0.444. The summed E-state index contributed by atoms with van der Waals surface area (Å²) < 4.78 is 24.3. The van der Waals surface area contributed by atoms with E-state index in [1.807, 2.05) is 0 Å². The predicted octanol–water partition coefficient (Wildman–Crippen LogP) is 0.755. The second-order valence-electron chi connectivity index (χ2n) is 4.17. The van der Waals surface area contributed by atoms with Crippen LogP contribution in [0.1, 0.15) is 24.5 Å². The molecule has 0 aliphatic heterocycles. The number of aromatic hydroxyl groups is 1. The number of hydrogen-bond acceptors (Lipinski definition) is 4. The Labute approximate surface area is 91.9 Å². The van der Waals surface area contributed by atoms with Crippen molar-refractivity contribution in [3.8, 4) is 5.88 Å². The number of fused-ring (bicyclic) bond motifs is 1. The van der Waals surface area contributed by atoms with Gasteiger partial charge in [0, 0.05) is 11.3 Å². The number of aromatic amines is 1. The Hall–Kier alpha value is -1.50. The molecule has 1 fully saturated rings. The maximum Gasteiger partial charge on any atom is 0.238 e. The fourth-order valence-electron chi connectivity index (χ4n) is 2.05. The van der Waals surface area contributed by atoms with Crippen LogP contribution >= 0.6 is 0 Å². The lowest BCUT2D eigenvalue weighted by Gasteiger charge is -2.06. The van der Waals surface area contributed by atoms with Crippen molar-refractivity contribution < 1.29 is 13.5 Å². The summed E-state index contributed by atoms with van der Waals surface area (Å²) >= 11 is 0. The van der Waals surface area contributed by atoms with E-state index in [4.69, 9.17) is 0 Å². The van der Waals surface area contributed by atoms with Crippen LogP contribution in [0, 0.1) is 0 Å². The maximum absolute atomic E-state index is 11.6. The van der Waals surface area contributed by atoms with E-state index in [1.54, 1.807) is 6.20 Å². The molecule has 0 unspecified atom stereocenters. The van der Waals surface area contributed by atoms with Gasteiger partial charge in [0.15, 0.2) is 0 Å². The zero-order chi connectivity index (χ0) is 11.5. The molecular formula is C9H11N3O3S. The third-order valence-corrected chi connectivity index (χ3v) is 3.88. The zero-order valence-corrected chi connectivity index (χ0v) is 9.45. The Morgan fingerprint density at radius 2 is 2.25 bits per heavy atom. The molecule has 1 saturated carbocycles. The predicted molar refractivity (Wildman–Crippen MR) is 58.0 cm³/mol. The lowest BCUT2D eigenvalue weighted by Crippen LogP contribution is -2.12. The summed E-state index contributed by atoms with van der Waals surface area (Å²) in [5.41, 5.74) is 1.05. The van der Waals surface area contributed by atoms with Crippen molar-refractivity contribution >= 4 is 20.9 Å². The van der Waals surface area contributed by atoms with Crippen LogP contribution in [-0.4, -0.2) is 33.9 Å². The van der Waals surface area contributed by atoms with Gasteiger partial charge in [0.05, 0.1) is 18.1 Å². The third-order valence-electron chi connectivity index (χ3n) is 2.85. The standard InChI is InChI=1S/C9H11N3O3S/c1-16(14,15)12-8(5-2-3-5)6-4-10-11-7(6)9(12)13/h4-5,11,13H,2-3H2,1H3. The monoisotopic (exact) mass is 241 g/mol. The lowest BCUT2D eigenvalue weighted by molar-refractivity contribution is 0.447. The minimum absolute atomic E-state index is 0.218. The Bertz CT molecular complexity index is 664. The number of nitrogens with zero attached hydrogens (tertiary/aromatic N) is 2. The number of hydrogen-bond donors (Lipinski definition) is 2. The van der Waals surface area contributed by atoms with Crippen molar-refractivity contribution in [1.82, 2.24) is 14.2 Å². The summed E-state index contributed by atoms with van der Waals surface area (Å²) in [6.45, 7) is 0. The van der Waals surface area contributed by atoms with Crippen LogP contribution < -0.4 is 0 Å². The van der Waals surface area contributed by atoms with Gasteiger partial charge in [-0.1, -0.05) is 0 Å². The van der Waals surface area contributed by atoms with E-state index in [0.29, 0.717) is 16.6 Å². The smallest absolute Gasteiger partial charge is 0.238 e. The van der Waals surface area contributed by atoms with Crippen LogP contribution in [0.2, 0.25) is 0 Å². The van der Waals surface area contributed by atoms with Crippen LogP contribution in [0.3, 0.4) is 0 Å². The summed E-state index contributed by atoms with van der Waals surface area (Å²) in [6.07, 6.45) is 4.56. The van der Waals surface area contributed by atoms with Crippen molar-refractivity contribution in [3.63, 3.8) is 0 Å². The molecule has 6 nitrogen and oxygen atoms in total. The molecule has 86 valence electrons. The highest BCUT2D eigenvalue weighted by Crippen LogP contribution is 2.46. The Morgan fingerprint density at radius 1 is 1.56 bits per heavy atom. The second kappa shape index (κ2) is 2.79. The average Bonchev–Trinajstić information content (AvgIpc) is 2.79. The lowest BCUT2D eigenvalue weighted by atomic mass is 10.2. The van der Waals surface area contributed by atoms with E-state index in [2.05, 4.69) is 10.2 Å². The van der Waals surface area contributed by atoms with E-state index in [9.17, 15) is 13.5 Å². The molecule has 1 aliphatic rings. The third kappa shape index (κ3) is 1.18. The van der Waals surface area contributed by atoms with Crippen LogP contribution in [0.25, 0.3) is 10.9 Å². The van der Waals surface area contributed by atoms with Crippen molar-refractivity contribution in [2.24, 2.45) is 0 Å². The quantitative estimate of drug-likeness (QED) is 0.812. The summed E-state index contributed by atoms with van der Waals surface area (Å²) in [5.74, 6) is -0.0485. The van der Waals surface area contributed by atoms with Crippen molar-refractivity contribution in [3.05, 3.63) is 11.9 Å². The van der Waals surface area contributed by atoms with Gasteiger partial charge >= 0.3 is 0 Å². The molecule has 0 spiro atoms. The number of H-pyrrole nitrogens is 1. The second-order valence-corrected chi connectivity index (χ2v) is 6.00. The molecule has 7 heteroatoms. The van der Waals surface area contributed by atoms with Gasteiger partial charge in [0.25, 0.3) is 0 Å². The largest absolute Gasteiger partial charge is 0.492 e. The first kappa shape index (κ1) is 9.71. The summed E-state index contributed by atoms with van der Waals surface area (Å²) in [4.78, 5) is 0.